The van der Waals surface area contributed by atoms with Gasteiger partial charge >= 0.3 is 0 Å². The first kappa shape index (κ1) is 19.0. The van der Waals surface area contributed by atoms with Gasteiger partial charge in [0.1, 0.15) is 6.54 Å². The van der Waals surface area contributed by atoms with Crippen LogP contribution in [0.4, 0.5) is 0 Å². The van der Waals surface area contributed by atoms with Crippen molar-refractivity contribution >= 4 is 10.8 Å². The number of methoxy groups -OCH3 is 1. The van der Waals surface area contributed by atoms with Gasteiger partial charge < -0.3 is 4.74 Å². The molecule has 0 spiro atoms. The maximum Gasteiger partial charge on any atom is 0.222 e. The smallest absolute Gasteiger partial charge is 0.222 e. The van der Waals surface area contributed by atoms with Crippen molar-refractivity contribution in [2.75, 3.05) is 7.11 Å². The van der Waals surface area contributed by atoms with Crippen LogP contribution in [0.1, 0.15) is 37.8 Å². The number of aryl methyl sites for hydroxylation is 1. The number of rotatable bonds is 4. The van der Waals surface area contributed by atoms with Crippen molar-refractivity contribution in [2.24, 2.45) is 0 Å². The summed E-state index contributed by atoms with van der Waals surface area (Å²) in [6.45, 7) is 8.29. The predicted octanol–water partition coefficient (Wildman–Crippen LogP) is 6.73. The van der Waals surface area contributed by atoms with Crippen LogP contribution in [0.2, 0.25) is 0 Å². The lowest BCUT2D eigenvalue weighted by atomic mass is 9.87. The molecule has 2 nitrogen and oxygen atoms in total. The molecule has 1 aliphatic carbocycles. The Hall–Kier alpha value is -2.97. The molecule has 4 aromatic rings. The van der Waals surface area contributed by atoms with Crippen LogP contribution in [0, 0.1) is 0 Å². The predicted molar refractivity (Wildman–Crippen MR) is 124 cm³/mol. The maximum absolute atomic E-state index is 5.71. The van der Waals surface area contributed by atoms with Gasteiger partial charge in [0.05, 0.1) is 17.6 Å². The molecule has 1 aliphatic rings. The van der Waals surface area contributed by atoms with Gasteiger partial charge in [-0.05, 0) is 57.7 Å². The summed E-state index contributed by atoms with van der Waals surface area (Å²) in [6.07, 6.45) is 2.23. The van der Waals surface area contributed by atoms with E-state index in [1.54, 1.807) is 7.11 Å². The highest BCUT2D eigenvalue weighted by atomic mass is 16.5. The van der Waals surface area contributed by atoms with Gasteiger partial charge in [-0.2, -0.15) is 4.57 Å². The molecule has 0 radical (unpaired) electrons. The van der Waals surface area contributed by atoms with Gasteiger partial charge in [-0.15, -0.1) is 0 Å². The first-order chi connectivity index (χ1) is 14.6. The van der Waals surface area contributed by atoms with Crippen LogP contribution in [0.3, 0.4) is 0 Å². The van der Waals surface area contributed by atoms with E-state index in [9.17, 15) is 0 Å². The van der Waals surface area contributed by atoms with Gasteiger partial charge in [-0.25, -0.2) is 0 Å². The molecule has 0 atom stereocenters. The van der Waals surface area contributed by atoms with Crippen molar-refractivity contribution in [3.63, 3.8) is 0 Å². The summed E-state index contributed by atoms with van der Waals surface area (Å²) >= 11 is 0. The van der Waals surface area contributed by atoms with Crippen molar-refractivity contribution in [2.45, 2.75) is 39.8 Å². The van der Waals surface area contributed by atoms with Crippen LogP contribution < -0.4 is 4.57 Å². The number of fused-ring (bicyclic) bond motifs is 5. The topological polar surface area (TPSA) is 13.1 Å². The maximum atomic E-state index is 5.71. The van der Waals surface area contributed by atoms with Gasteiger partial charge in [-0.3, -0.25) is 0 Å². The highest BCUT2D eigenvalue weighted by Crippen LogP contribution is 2.48. The molecule has 0 aliphatic heterocycles. The Kier molecular flexibility index (Phi) is 4.67. The van der Waals surface area contributed by atoms with E-state index >= 15 is 0 Å². The minimum absolute atomic E-state index is 0.456. The van der Waals surface area contributed by atoms with Gasteiger partial charge in [0.25, 0.3) is 0 Å². The second kappa shape index (κ2) is 7.37. The van der Waals surface area contributed by atoms with Crippen molar-refractivity contribution in [3.05, 3.63) is 78.0 Å². The minimum atomic E-state index is 0.456. The van der Waals surface area contributed by atoms with Gasteiger partial charge in [0.2, 0.25) is 5.69 Å². The van der Waals surface area contributed by atoms with E-state index in [2.05, 4.69) is 92.2 Å². The van der Waals surface area contributed by atoms with E-state index in [-0.39, 0.29) is 0 Å². The Labute approximate surface area is 178 Å². The second-order valence-electron chi connectivity index (χ2n) is 8.46. The highest BCUT2D eigenvalue weighted by Gasteiger charge is 2.30. The minimum Gasteiger partial charge on any atom is -0.380 e. The Morgan fingerprint density at radius 3 is 2.30 bits per heavy atom. The van der Waals surface area contributed by atoms with E-state index in [1.807, 2.05) is 0 Å². The molecule has 5 rings (SSSR count). The van der Waals surface area contributed by atoms with Crippen LogP contribution in [0.25, 0.3) is 44.3 Å². The van der Waals surface area contributed by atoms with Crippen LogP contribution in [-0.4, -0.2) is 7.11 Å². The summed E-state index contributed by atoms with van der Waals surface area (Å²) in [5.41, 5.74) is 10.5. The molecule has 1 heterocycles. The molecule has 0 saturated heterocycles. The second-order valence-corrected chi connectivity index (χ2v) is 8.46. The molecule has 150 valence electrons. The molecule has 0 bridgehead atoms. The lowest BCUT2D eigenvalue weighted by Gasteiger charge is -2.18. The van der Waals surface area contributed by atoms with E-state index in [4.69, 9.17) is 4.74 Å². The molecular formula is C28H28NO+. The van der Waals surface area contributed by atoms with Crippen molar-refractivity contribution in [1.82, 2.24) is 0 Å². The van der Waals surface area contributed by atoms with Gasteiger partial charge in [0.15, 0.2) is 6.20 Å². The third-order valence-corrected chi connectivity index (χ3v) is 6.35. The lowest BCUT2D eigenvalue weighted by Crippen LogP contribution is -2.35. The molecular weight excluding hydrogens is 366 g/mol. The third kappa shape index (κ3) is 2.79. The van der Waals surface area contributed by atoms with Crippen molar-refractivity contribution < 1.29 is 9.30 Å². The summed E-state index contributed by atoms with van der Waals surface area (Å²) in [5.74, 6) is 0.456. The largest absolute Gasteiger partial charge is 0.380 e. The van der Waals surface area contributed by atoms with Gasteiger partial charge in [0, 0.05) is 13.2 Å². The molecule has 30 heavy (non-hydrogen) atoms. The van der Waals surface area contributed by atoms with E-state index < -0.39 is 0 Å². The normalized spacial score (nSPS) is 12.0. The third-order valence-electron chi connectivity index (χ3n) is 6.35. The number of aromatic nitrogens is 1. The summed E-state index contributed by atoms with van der Waals surface area (Å²) in [5, 5.41) is 2.62. The van der Waals surface area contributed by atoms with Crippen LogP contribution >= 0.6 is 0 Å². The average molecular weight is 395 g/mol. The Morgan fingerprint density at radius 2 is 1.60 bits per heavy atom. The van der Waals surface area contributed by atoms with Crippen molar-refractivity contribution in [1.29, 1.82) is 0 Å². The molecule has 3 aromatic carbocycles. The number of hydrogen-bond acceptors (Lipinski definition) is 1. The first-order valence-electron chi connectivity index (χ1n) is 10.8. The van der Waals surface area contributed by atoms with E-state index in [0.717, 1.165) is 6.54 Å². The quantitative estimate of drug-likeness (QED) is 0.308. The standard InChI is InChI=1S/C28H28NO/c1-5-29-14-13-19-9-8-12-24-22-10-6-7-11-23(22)25-16-20(18(2)3)15-21(17-30-4)27(25)28(29)26(19)24/h6-16,18H,5,17H2,1-4H3/q+1. The number of ether oxygens (including phenoxy) is 1. The van der Waals surface area contributed by atoms with E-state index in [1.165, 1.54) is 55.4 Å². The Morgan fingerprint density at radius 1 is 0.867 bits per heavy atom. The van der Waals surface area contributed by atoms with Gasteiger partial charge in [-0.1, -0.05) is 62.4 Å². The average Bonchev–Trinajstić information content (AvgIpc) is 2.89. The number of nitrogens with zero attached hydrogens (tertiary/aromatic N) is 1. The molecule has 0 N–H and O–H groups in total. The zero-order valence-corrected chi connectivity index (χ0v) is 18.2. The summed E-state index contributed by atoms with van der Waals surface area (Å²) in [7, 11) is 1.79. The molecule has 1 aromatic heterocycles. The lowest BCUT2D eigenvalue weighted by molar-refractivity contribution is -0.681. The fourth-order valence-corrected chi connectivity index (χ4v) is 4.89. The van der Waals surface area contributed by atoms with E-state index in [0.29, 0.717) is 12.5 Å². The summed E-state index contributed by atoms with van der Waals surface area (Å²) < 4.78 is 8.10. The number of hydrogen-bond donors (Lipinski definition) is 0. The molecule has 0 saturated carbocycles. The number of benzene rings is 3. The molecule has 2 heteroatoms. The van der Waals surface area contributed by atoms with Crippen LogP contribution in [0.5, 0.6) is 0 Å². The zero-order valence-electron chi connectivity index (χ0n) is 18.2. The van der Waals surface area contributed by atoms with Crippen molar-refractivity contribution in [3.8, 4) is 33.5 Å². The highest BCUT2D eigenvalue weighted by molar-refractivity contribution is 6.11. The summed E-state index contributed by atoms with van der Waals surface area (Å²) in [4.78, 5) is 0. The number of pyridine rings is 1. The summed E-state index contributed by atoms with van der Waals surface area (Å²) in [6, 6.07) is 22.5. The zero-order chi connectivity index (χ0) is 20.8. The monoisotopic (exact) mass is 394 g/mol. The molecule has 0 unspecified atom stereocenters. The Balaban J connectivity index is 2.05. The van der Waals surface area contributed by atoms with Crippen LogP contribution in [0.15, 0.2) is 66.9 Å². The fourth-order valence-electron chi connectivity index (χ4n) is 4.89. The molecule has 0 amide bonds. The fraction of sp³-hybridized carbons (Fsp3) is 0.250. The first-order valence-corrected chi connectivity index (χ1v) is 10.8. The Bertz CT molecular complexity index is 1270. The van der Waals surface area contributed by atoms with Crippen LogP contribution in [-0.2, 0) is 17.9 Å². The SMILES string of the molecule is CC[n+]1ccc2cccc3c2c1-c1c(COC)cc(C(C)C)cc1-c1ccccc1-3. The molecule has 0 fully saturated rings.